The monoisotopic (exact) mass is 220 g/mol. The van der Waals surface area contributed by atoms with E-state index in [0.29, 0.717) is 0 Å². The van der Waals surface area contributed by atoms with Crippen molar-refractivity contribution < 1.29 is 5.11 Å². The molecule has 0 spiro atoms. The van der Waals surface area contributed by atoms with Gasteiger partial charge >= 0.3 is 0 Å². The summed E-state index contributed by atoms with van der Waals surface area (Å²) in [6, 6.07) is 10.1. The molecule has 0 saturated heterocycles. The summed E-state index contributed by atoms with van der Waals surface area (Å²) in [7, 11) is 0. The minimum absolute atomic E-state index is 0.606. The molecule has 1 aromatic rings. The van der Waals surface area contributed by atoms with E-state index in [4.69, 9.17) is 0 Å². The highest BCUT2D eigenvalue weighted by Gasteiger charge is 2.26. The zero-order valence-electron chi connectivity index (χ0n) is 10.6. The maximum Gasteiger partial charge on any atom is 0.0896 e. The molecule has 1 nitrogen and oxygen atoms in total. The summed E-state index contributed by atoms with van der Waals surface area (Å²) in [6.07, 6.45) is 6.30. The molecule has 1 aromatic carbocycles. The van der Waals surface area contributed by atoms with E-state index in [1.807, 2.05) is 30.3 Å². The van der Waals surface area contributed by atoms with Crippen LogP contribution in [0, 0.1) is 0 Å². The fourth-order valence-corrected chi connectivity index (χ4v) is 2.24. The minimum atomic E-state index is -0.606. The Labute approximate surface area is 99.5 Å². The number of hydrogen-bond acceptors (Lipinski definition) is 1. The summed E-state index contributed by atoms with van der Waals surface area (Å²) in [6.45, 7) is 4.33. The first kappa shape index (κ1) is 13.2. The Hall–Kier alpha value is -0.820. The Morgan fingerprint density at radius 1 is 0.938 bits per heavy atom. The minimum Gasteiger partial charge on any atom is -0.385 e. The second kappa shape index (κ2) is 6.70. The second-order valence-electron chi connectivity index (χ2n) is 4.60. The van der Waals surface area contributed by atoms with Crippen LogP contribution in [0.5, 0.6) is 0 Å². The van der Waals surface area contributed by atoms with Crippen LogP contribution in [0.25, 0.3) is 0 Å². The maximum absolute atomic E-state index is 10.7. The highest BCUT2D eigenvalue weighted by Crippen LogP contribution is 2.31. The highest BCUT2D eigenvalue weighted by atomic mass is 16.3. The standard InChI is InChI=1S/C15H24O/c1-3-5-9-13-15(16,12-4-2)14-10-7-6-8-11-14/h6-8,10-11,16H,3-5,9,12-13H2,1-2H3. The number of aliphatic hydroxyl groups is 1. The first-order chi connectivity index (χ1) is 7.73. The van der Waals surface area contributed by atoms with Gasteiger partial charge in [-0.25, -0.2) is 0 Å². The van der Waals surface area contributed by atoms with Crippen LogP contribution in [0.4, 0.5) is 0 Å². The molecule has 1 N–H and O–H groups in total. The molecule has 1 unspecified atom stereocenters. The summed E-state index contributed by atoms with van der Waals surface area (Å²) in [5, 5.41) is 10.7. The molecule has 0 bridgehead atoms. The van der Waals surface area contributed by atoms with Crippen molar-refractivity contribution >= 4 is 0 Å². The third-order valence-electron chi connectivity index (χ3n) is 3.17. The zero-order chi connectivity index (χ0) is 11.9. The van der Waals surface area contributed by atoms with E-state index in [2.05, 4.69) is 13.8 Å². The van der Waals surface area contributed by atoms with Crippen molar-refractivity contribution in [2.45, 2.75) is 58.0 Å². The number of unbranched alkanes of at least 4 members (excludes halogenated alkanes) is 2. The molecule has 0 saturated carbocycles. The normalized spacial score (nSPS) is 14.7. The van der Waals surface area contributed by atoms with Crippen LogP contribution < -0.4 is 0 Å². The first-order valence-corrected chi connectivity index (χ1v) is 6.51. The topological polar surface area (TPSA) is 20.2 Å². The molecule has 1 rings (SSSR count). The van der Waals surface area contributed by atoms with Gasteiger partial charge in [-0.3, -0.25) is 0 Å². The lowest BCUT2D eigenvalue weighted by Crippen LogP contribution is -2.25. The van der Waals surface area contributed by atoms with Crippen LogP contribution in [0.2, 0.25) is 0 Å². The van der Waals surface area contributed by atoms with Crippen LogP contribution in [0.1, 0.15) is 57.9 Å². The van der Waals surface area contributed by atoms with Gasteiger partial charge in [-0.05, 0) is 18.4 Å². The molecule has 0 radical (unpaired) electrons. The maximum atomic E-state index is 10.7. The molecule has 0 aliphatic carbocycles. The number of rotatable bonds is 7. The van der Waals surface area contributed by atoms with Gasteiger partial charge in [0.2, 0.25) is 0 Å². The van der Waals surface area contributed by atoms with Crippen LogP contribution in [0.3, 0.4) is 0 Å². The molecule has 0 heterocycles. The predicted octanol–water partition coefficient (Wildman–Crippen LogP) is 4.25. The largest absolute Gasteiger partial charge is 0.385 e. The predicted molar refractivity (Wildman–Crippen MR) is 69.4 cm³/mol. The molecule has 0 aromatic heterocycles. The van der Waals surface area contributed by atoms with E-state index in [-0.39, 0.29) is 0 Å². The molecule has 0 aliphatic heterocycles. The summed E-state index contributed by atoms with van der Waals surface area (Å²) in [4.78, 5) is 0. The third-order valence-corrected chi connectivity index (χ3v) is 3.17. The van der Waals surface area contributed by atoms with Crippen LogP contribution in [-0.4, -0.2) is 5.11 Å². The first-order valence-electron chi connectivity index (χ1n) is 6.51. The van der Waals surface area contributed by atoms with E-state index < -0.39 is 5.60 Å². The van der Waals surface area contributed by atoms with Crippen LogP contribution >= 0.6 is 0 Å². The quantitative estimate of drug-likeness (QED) is 0.681. The average Bonchev–Trinajstić information content (AvgIpc) is 2.31. The van der Waals surface area contributed by atoms with Crippen molar-refractivity contribution in [1.29, 1.82) is 0 Å². The van der Waals surface area contributed by atoms with Crippen molar-refractivity contribution in [3.63, 3.8) is 0 Å². The SMILES string of the molecule is CCCCCC(O)(CCC)c1ccccc1. The summed E-state index contributed by atoms with van der Waals surface area (Å²) >= 11 is 0. The highest BCUT2D eigenvalue weighted by molar-refractivity contribution is 5.22. The Kier molecular flexibility index (Phi) is 5.54. The van der Waals surface area contributed by atoms with E-state index >= 15 is 0 Å². The summed E-state index contributed by atoms with van der Waals surface area (Å²) in [5.74, 6) is 0. The van der Waals surface area contributed by atoms with Gasteiger partial charge in [-0.2, -0.15) is 0 Å². The van der Waals surface area contributed by atoms with Crippen molar-refractivity contribution in [3.05, 3.63) is 35.9 Å². The molecule has 1 atom stereocenters. The van der Waals surface area contributed by atoms with Gasteiger partial charge in [-0.1, -0.05) is 69.9 Å². The average molecular weight is 220 g/mol. The van der Waals surface area contributed by atoms with Crippen molar-refractivity contribution in [2.24, 2.45) is 0 Å². The van der Waals surface area contributed by atoms with Crippen molar-refractivity contribution in [2.75, 3.05) is 0 Å². The van der Waals surface area contributed by atoms with Gasteiger partial charge in [0, 0.05) is 0 Å². The zero-order valence-corrected chi connectivity index (χ0v) is 10.6. The van der Waals surface area contributed by atoms with Gasteiger partial charge < -0.3 is 5.11 Å². The molecule has 0 aliphatic rings. The van der Waals surface area contributed by atoms with Gasteiger partial charge in [0.25, 0.3) is 0 Å². The molecular weight excluding hydrogens is 196 g/mol. The summed E-state index contributed by atoms with van der Waals surface area (Å²) < 4.78 is 0. The second-order valence-corrected chi connectivity index (χ2v) is 4.60. The van der Waals surface area contributed by atoms with Crippen LogP contribution in [-0.2, 0) is 5.60 Å². The Bertz CT molecular complexity index is 281. The van der Waals surface area contributed by atoms with Gasteiger partial charge in [-0.15, -0.1) is 0 Å². The Morgan fingerprint density at radius 3 is 2.19 bits per heavy atom. The molecule has 1 heteroatoms. The van der Waals surface area contributed by atoms with Crippen molar-refractivity contribution in [3.8, 4) is 0 Å². The van der Waals surface area contributed by atoms with E-state index in [1.165, 1.54) is 12.8 Å². The fraction of sp³-hybridized carbons (Fsp3) is 0.600. The number of hydrogen-bond donors (Lipinski definition) is 1. The third kappa shape index (κ3) is 3.64. The summed E-state index contributed by atoms with van der Waals surface area (Å²) in [5.41, 5.74) is 0.471. The molecular formula is C15H24O. The van der Waals surface area contributed by atoms with Gasteiger partial charge in [0.05, 0.1) is 5.60 Å². The smallest absolute Gasteiger partial charge is 0.0896 e. The number of benzene rings is 1. The lowest BCUT2D eigenvalue weighted by atomic mass is 9.84. The van der Waals surface area contributed by atoms with Gasteiger partial charge in [0.1, 0.15) is 0 Å². The van der Waals surface area contributed by atoms with Crippen molar-refractivity contribution in [1.82, 2.24) is 0 Å². The lowest BCUT2D eigenvalue weighted by molar-refractivity contribution is 0.0152. The fourth-order valence-electron chi connectivity index (χ4n) is 2.24. The molecule has 16 heavy (non-hydrogen) atoms. The Morgan fingerprint density at radius 2 is 1.62 bits per heavy atom. The molecule has 0 amide bonds. The molecule has 0 fully saturated rings. The van der Waals surface area contributed by atoms with E-state index in [1.54, 1.807) is 0 Å². The van der Waals surface area contributed by atoms with Gasteiger partial charge in [0.15, 0.2) is 0 Å². The molecule has 90 valence electrons. The van der Waals surface area contributed by atoms with E-state index in [9.17, 15) is 5.11 Å². The lowest BCUT2D eigenvalue weighted by Gasteiger charge is -2.28. The van der Waals surface area contributed by atoms with Crippen LogP contribution in [0.15, 0.2) is 30.3 Å². The van der Waals surface area contributed by atoms with E-state index in [0.717, 1.165) is 31.2 Å². The Balaban J connectivity index is 2.71.